The number of aryl methyl sites for hydroxylation is 1. The van der Waals surface area contributed by atoms with Crippen molar-refractivity contribution in [3.05, 3.63) is 45.7 Å². The van der Waals surface area contributed by atoms with Gasteiger partial charge >= 0.3 is 0 Å². The number of amides is 1. The zero-order valence-corrected chi connectivity index (χ0v) is 14.4. The lowest BCUT2D eigenvalue weighted by atomic mass is 10.1. The van der Waals surface area contributed by atoms with E-state index in [1.165, 1.54) is 23.3 Å². The maximum atomic E-state index is 13.9. The number of primary sulfonamides is 1. The zero-order valence-electron chi connectivity index (χ0n) is 12.8. The van der Waals surface area contributed by atoms with E-state index < -0.39 is 21.7 Å². The van der Waals surface area contributed by atoms with Crippen molar-refractivity contribution < 1.29 is 17.6 Å². The molecule has 6 nitrogen and oxygen atoms in total. The lowest BCUT2D eigenvalue weighted by Crippen LogP contribution is -2.30. The molecule has 1 aromatic heterocycles. The van der Waals surface area contributed by atoms with Crippen LogP contribution in [-0.2, 0) is 10.0 Å². The molecule has 0 aliphatic rings. The van der Waals surface area contributed by atoms with E-state index in [4.69, 9.17) is 5.14 Å². The molecule has 0 radical (unpaired) electrons. The first-order chi connectivity index (χ1) is 10.6. The fourth-order valence-electron chi connectivity index (χ4n) is 1.94. The summed E-state index contributed by atoms with van der Waals surface area (Å²) in [5.74, 6) is -1.45. The second kappa shape index (κ2) is 6.34. The highest BCUT2D eigenvalue weighted by atomic mass is 32.2. The summed E-state index contributed by atoms with van der Waals surface area (Å²) in [5, 5.41) is 7.59. The van der Waals surface area contributed by atoms with Crippen LogP contribution >= 0.6 is 11.3 Å². The first-order valence-corrected chi connectivity index (χ1v) is 9.05. The maximum Gasteiger partial charge on any atom is 0.257 e. The number of rotatable bonds is 4. The molecule has 0 spiro atoms. The van der Waals surface area contributed by atoms with Gasteiger partial charge in [0.1, 0.15) is 10.8 Å². The highest BCUT2D eigenvalue weighted by Crippen LogP contribution is 2.25. The number of benzene rings is 1. The number of aromatic nitrogens is 1. The Morgan fingerprint density at radius 2 is 2.09 bits per heavy atom. The number of hydrogen-bond donors (Lipinski definition) is 1. The van der Waals surface area contributed by atoms with Crippen molar-refractivity contribution in [3.8, 4) is 0 Å². The molecule has 1 aromatic carbocycles. The summed E-state index contributed by atoms with van der Waals surface area (Å²) >= 11 is 1.40. The van der Waals surface area contributed by atoms with E-state index in [0.717, 1.165) is 23.9 Å². The molecule has 0 saturated carbocycles. The molecule has 0 fully saturated rings. The molecule has 2 rings (SSSR count). The lowest BCUT2D eigenvalue weighted by Gasteiger charge is -2.23. The van der Waals surface area contributed by atoms with Crippen molar-refractivity contribution in [2.75, 3.05) is 7.05 Å². The SMILES string of the molecule is Cc1csc(C(C)N(C)C(=O)c2cc(S(N)(=O)=O)ccc2F)n1. The van der Waals surface area contributed by atoms with Crippen molar-refractivity contribution >= 4 is 27.3 Å². The first kappa shape index (κ1) is 17.5. The molecule has 2 N–H and O–H groups in total. The fourth-order valence-corrected chi connectivity index (χ4v) is 3.38. The Morgan fingerprint density at radius 1 is 1.43 bits per heavy atom. The molecule has 1 unspecified atom stereocenters. The quantitative estimate of drug-likeness (QED) is 0.906. The Balaban J connectivity index is 2.36. The number of halogens is 1. The fraction of sp³-hybridized carbons (Fsp3) is 0.286. The van der Waals surface area contributed by atoms with E-state index >= 15 is 0 Å². The molecule has 23 heavy (non-hydrogen) atoms. The molecule has 2 aromatic rings. The summed E-state index contributed by atoms with van der Waals surface area (Å²) in [5.41, 5.74) is 0.485. The number of carbonyl (C=O) groups excluding carboxylic acids is 1. The summed E-state index contributed by atoms with van der Waals surface area (Å²) in [7, 11) is -2.51. The average Bonchev–Trinajstić information content (AvgIpc) is 2.90. The van der Waals surface area contributed by atoms with Gasteiger partial charge in [-0.15, -0.1) is 11.3 Å². The van der Waals surface area contributed by atoms with E-state index in [1.807, 2.05) is 12.3 Å². The van der Waals surface area contributed by atoms with E-state index in [1.54, 1.807) is 6.92 Å². The van der Waals surface area contributed by atoms with Gasteiger partial charge in [0.05, 0.1) is 16.5 Å². The molecule has 0 aliphatic heterocycles. The van der Waals surface area contributed by atoms with Gasteiger partial charge in [-0.1, -0.05) is 0 Å². The third kappa shape index (κ3) is 3.74. The van der Waals surface area contributed by atoms with Gasteiger partial charge in [-0.3, -0.25) is 4.79 Å². The van der Waals surface area contributed by atoms with E-state index in [0.29, 0.717) is 5.01 Å². The summed E-state index contributed by atoms with van der Waals surface area (Å²) < 4.78 is 36.7. The summed E-state index contributed by atoms with van der Waals surface area (Å²) in [6, 6.07) is 2.51. The smallest absolute Gasteiger partial charge is 0.257 e. The van der Waals surface area contributed by atoms with E-state index in [9.17, 15) is 17.6 Å². The predicted octanol–water partition coefficient (Wildman–Crippen LogP) is 2.07. The maximum absolute atomic E-state index is 13.9. The van der Waals surface area contributed by atoms with Gasteiger partial charge in [0.2, 0.25) is 10.0 Å². The Bertz CT molecular complexity index is 849. The van der Waals surface area contributed by atoms with Crippen molar-refractivity contribution in [3.63, 3.8) is 0 Å². The minimum atomic E-state index is -4.02. The molecule has 0 bridgehead atoms. The summed E-state index contributed by atoms with van der Waals surface area (Å²) in [6.07, 6.45) is 0. The standard InChI is InChI=1S/C14H16FN3O3S2/c1-8-7-22-13(17-8)9(2)18(3)14(19)11-6-10(23(16,20)21)4-5-12(11)15/h4-7,9H,1-3H3,(H2,16,20,21). The van der Waals surface area contributed by atoms with Crippen LogP contribution in [0.5, 0.6) is 0 Å². The van der Waals surface area contributed by atoms with Gasteiger partial charge in [-0.05, 0) is 32.0 Å². The number of carbonyl (C=O) groups is 1. The number of sulfonamides is 1. The molecule has 1 atom stereocenters. The van der Waals surface area contributed by atoms with Crippen molar-refractivity contribution in [2.45, 2.75) is 24.8 Å². The first-order valence-electron chi connectivity index (χ1n) is 6.63. The van der Waals surface area contributed by atoms with E-state index in [-0.39, 0.29) is 16.5 Å². The molecule has 1 amide bonds. The summed E-state index contributed by atoms with van der Waals surface area (Å²) in [4.78, 5) is 17.8. The number of nitrogens with two attached hydrogens (primary N) is 1. The topological polar surface area (TPSA) is 93.4 Å². The molecular weight excluding hydrogens is 341 g/mol. The molecule has 0 saturated heterocycles. The van der Waals surface area contributed by atoms with Gasteiger partial charge in [-0.25, -0.2) is 22.9 Å². The van der Waals surface area contributed by atoms with Gasteiger partial charge in [0, 0.05) is 18.1 Å². The van der Waals surface area contributed by atoms with Gasteiger partial charge in [0.25, 0.3) is 5.91 Å². The third-order valence-electron chi connectivity index (χ3n) is 3.39. The number of nitrogens with zero attached hydrogens (tertiary/aromatic N) is 2. The second-order valence-corrected chi connectivity index (χ2v) is 7.56. The Morgan fingerprint density at radius 3 is 2.61 bits per heavy atom. The van der Waals surface area contributed by atoms with Gasteiger partial charge in [-0.2, -0.15) is 0 Å². The number of hydrogen-bond acceptors (Lipinski definition) is 5. The Kier molecular flexibility index (Phi) is 4.83. The van der Waals surface area contributed by atoms with Crippen LogP contribution in [0.15, 0.2) is 28.5 Å². The van der Waals surface area contributed by atoms with Crippen LogP contribution in [0.25, 0.3) is 0 Å². The predicted molar refractivity (Wildman–Crippen MR) is 85.1 cm³/mol. The van der Waals surface area contributed by atoms with Crippen LogP contribution < -0.4 is 5.14 Å². The van der Waals surface area contributed by atoms with Crippen molar-refractivity contribution in [1.82, 2.24) is 9.88 Å². The van der Waals surface area contributed by atoms with Crippen LogP contribution in [0.4, 0.5) is 4.39 Å². The van der Waals surface area contributed by atoms with E-state index in [2.05, 4.69) is 4.98 Å². The normalized spacial score (nSPS) is 12.9. The monoisotopic (exact) mass is 357 g/mol. The molecule has 1 heterocycles. The Hall–Kier alpha value is -1.84. The molecule has 9 heteroatoms. The van der Waals surface area contributed by atoms with Crippen LogP contribution in [0, 0.1) is 12.7 Å². The minimum absolute atomic E-state index is 0.312. The van der Waals surface area contributed by atoms with Gasteiger partial charge < -0.3 is 4.90 Å². The van der Waals surface area contributed by atoms with Crippen molar-refractivity contribution in [2.24, 2.45) is 5.14 Å². The highest BCUT2D eigenvalue weighted by Gasteiger charge is 2.24. The van der Waals surface area contributed by atoms with Crippen LogP contribution in [0.3, 0.4) is 0 Å². The summed E-state index contributed by atoms with van der Waals surface area (Å²) in [6.45, 7) is 3.60. The average molecular weight is 357 g/mol. The molecular formula is C14H16FN3O3S2. The third-order valence-corrected chi connectivity index (χ3v) is 5.44. The molecule has 0 aliphatic carbocycles. The van der Waals surface area contributed by atoms with Crippen LogP contribution in [-0.4, -0.2) is 31.3 Å². The Labute approximate surface area is 137 Å². The van der Waals surface area contributed by atoms with Gasteiger partial charge in [0.15, 0.2) is 0 Å². The van der Waals surface area contributed by atoms with Crippen molar-refractivity contribution in [1.29, 1.82) is 0 Å². The second-order valence-electron chi connectivity index (χ2n) is 5.11. The highest BCUT2D eigenvalue weighted by molar-refractivity contribution is 7.89. The molecule has 124 valence electrons. The van der Waals surface area contributed by atoms with Crippen LogP contribution in [0.1, 0.15) is 34.0 Å². The largest absolute Gasteiger partial charge is 0.332 e. The minimum Gasteiger partial charge on any atom is -0.332 e. The number of thiazole rings is 1. The lowest BCUT2D eigenvalue weighted by molar-refractivity contribution is 0.0737. The van der Waals surface area contributed by atoms with Crippen LogP contribution in [0.2, 0.25) is 0 Å². The zero-order chi connectivity index (χ0) is 17.4.